The van der Waals surface area contributed by atoms with Crippen LogP contribution in [-0.4, -0.2) is 11.4 Å². The van der Waals surface area contributed by atoms with Gasteiger partial charge in [-0.15, -0.1) is 0 Å². The first-order valence-electron chi connectivity index (χ1n) is 33.8. The fourth-order valence-corrected chi connectivity index (χ4v) is 11.1. The first-order chi connectivity index (χ1) is 37.2. The maximum Gasteiger partial charge on any atom is 0.0665 e. The van der Waals surface area contributed by atoms with Gasteiger partial charge in [-0.2, -0.15) is 0 Å². The van der Waals surface area contributed by atoms with E-state index in [-0.39, 0.29) is 0 Å². The lowest BCUT2D eigenvalue weighted by atomic mass is 10.0. The van der Waals surface area contributed by atoms with Crippen molar-refractivity contribution < 1.29 is 0 Å². The van der Waals surface area contributed by atoms with Gasteiger partial charge in [0.25, 0.3) is 0 Å². The fourth-order valence-electron chi connectivity index (χ4n) is 11.1. The molecule has 0 aromatic heterocycles. The zero-order valence-corrected chi connectivity index (χ0v) is 50.9. The van der Waals surface area contributed by atoms with Crippen LogP contribution in [0.4, 0.5) is 11.4 Å². The Hall–Kier alpha value is -2.74. The molecule has 2 heteroatoms. The zero-order chi connectivity index (χ0) is 53.4. The molecule has 0 N–H and O–H groups in total. The van der Waals surface area contributed by atoms with Crippen LogP contribution in [-0.2, 0) is 12.8 Å². The molecule has 0 radical (unpaired) electrons. The summed E-state index contributed by atoms with van der Waals surface area (Å²) in [5.74, 6) is 0. The van der Waals surface area contributed by atoms with Gasteiger partial charge < -0.3 is 0 Å². The second-order valence-electron chi connectivity index (χ2n) is 23.2. The van der Waals surface area contributed by atoms with Crippen LogP contribution in [0.5, 0.6) is 0 Å². The van der Waals surface area contributed by atoms with Crippen molar-refractivity contribution in [2.45, 2.75) is 355 Å². The number of benzene rings is 2. The molecule has 2 nitrogen and oxygen atoms in total. The molecule has 2 aromatic carbocycles. The van der Waals surface area contributed by atoms with E-state index in [1.807, 2.05) is 0 Å². The molecule has 0 saturated carbocycles. The van der Waals surface area contributed by atoms with E-state index in [0.717, 1.165) is 62.0 Å². The fraction of sp³-hybridized carbons (Fsp3) is 0.753. The van der Waals surface area contributed by atoms with Gasteiger partial charge in [-0.1, -0.05) is 332 Å². The highest BCUT2D eigenvalue weighted by atomic mass is 14.8. The highest BCUT2D eigenvalue weighted by Gasteiger charge is 2.12. The minimum atomic E-state index is 0.897. The van der Waals surface area contributed by atoms with Gasteiger partial charge in [0.05, 0.1) is 22.8 Å². The third-order valence-electron chi connectivity index (χ3n) is 16.1. The minimum Gasteiger partial charge on any atom is -0.251 e. The van der Waals surface area contributed by atoms with Gasteiger partial charge in [-0.3, -0.25) is 9.98 Å². The topological polar surface area (TPSA) is 24.7 Å². The molecule has 2 rings (SSSR count). The largest absolute Gasteiger partial charge is 0.251 e. The summed E-state index contributed by atoms with van der Waals surface area (Å²) in [5.41, 5.74) is 7.36. The van der Waals surface area contributed by atoms with Crippen molar-refractivity contribution in [2.24, 2.45) is 9.98 Å². The van der Waals surface area contributed by atoms with Crippen LogP contribution in [0, 0.1) is 0 Å². The number of aliphatic imine (C=N–C) groups is 2. The van der Waals surface area contributed by atoms with E-state index in [0.29, 0.717) is 0 Å². The average Bonchev–Trinajstić information content (AvgIpc) is 3.43. The number of hydrogen-bond acceptors (Lipinski definition) is 2. The quantitative estimate of drug-likeness (QED) is 0.0358. The number of nitrogens with zero attached hydrogens (tertiary/aromatic N) is 2. The first kappa shape index (κ1) is 68.4. The van der Waals surface area contributed by atoms with E-state index in [2.05, 4.69) is 101 Å². The molecule has 75 heavy (non-hydrogen) atoms. The maximum atomic E-state index is 5.46. The van der Waals surface area contributed by atoms with E-state index in [1.165, 1.54) is 299 Å². The van der Waals surface area contributed by atoms with Gasteiger partial charge in [0.15, 0.2) is 0 Å². The van der Waals surface area contributed by atoms with Crippen LogP contribution in [0.3, 0.4) is 0 Å². The molecule has 0 aliphatic carbocycles. The van der Waals surface area contributed by atoms with Crippen molar-refractivity contribution in [1.29, 1.82) is 0 Å². The molecule has 0 amide bonds. The number of allylic oxidation sites excluding steroid dienone is 4. The van der Waals surface area contributed by atoms with Crippen molar-refractivity contribution >= 4 is 22.8 Å². The maximum absolute atomic E-state index is 5.46. The Bertz CT molecular complexity index is 1630. The van der Waals surface area contributed by atoms with Crippen LogP contribution in [0.25, 0.3) is 0 Å². The third-order valence-corrected chi connectivity index (χ3v) is 16.1. The Morgan fingerprint density at radius 3 is 0.840 bits per heavy atom. The van der Waals surface area contributed by atoms with E-state index in [4.69, 9.17) is 9.98 Å². The van der Waals surface area contributed by atoms with Crippen molar-refractivity contribution in [3.8, 4) is 0 Å². The summed E-state index contributed by atoms with van der Waals surface area (Å²) in [4.78, 5) is 10.9. The lowest BCUT2D eigenvalue weighted by molar-refractivity contribution is 0.523. The lowest BCUT2D eigenvalue weighted by Gasteiger charge is -2.13. The molecule has 0 saturated heterocycles. The SMILES string of the molecule is CCCCCCCCCCCCCCCCCCCCCC=CCCCc1ccccc1N=C(CC)C(CCCCC)=Nc1ccccc1CCCC=CCCCCCCCCCCCCCCCCCCCCC. The molecular formula is C73H126N2. The average molecular weight is 1030 g/mol. The molecule has 2 aromatic rings. The summed E-state index contributed by atoms with van der Waals surface area (Å²) >= 11 is 0. The van der Waals surface area contributed by atoms with Gasteiger partial charge in [-0.25, -0.2) is 0 Å². The van der Waals surface area contributed by atoms with Crippen molar-refractivity contribution in [3.05, 3.63) is 84.0 Å². The predicted molar refractivity (Wildman–Crippen MR) is 342 cm³/mol. The van der Waals surface area contributed by atoms with Crippen molar-refractivity contribution in [3.63, 3.8) is 0 Å². The molecule has 0 fully saturated rings. The molecule has 0 aliphatic rings. The Morgan fingerprint density at radius 1 is 0.280 bits per heavy atom. The van der Waals surface area contributed by atoms with E-state index in [1.54, 1.807) is 0 Å². The van der Waals surface area contributed by atoms with Crippen molar-refractivity contribution in [2.75, 3.05) is 0 Å². The van der Waals surface area contributed by atoms with Gasteiger partial charge in [0.1, 0.15) is 0 Å². The standard InChI is InChI=1S/C73H126N2/c1-5-9-12-14-16-18-20-22-24-26-28-30-32-34-36-38-40-42-44-46-48-50-52-55-61-68-63-57-59-65-71(68)74-70(8-4)73(67-54-11-7-3)75-72-66-60-58-64-69(72)62-56-53-51-49-47-45-43-41-39-37-35-33-31-29-27-25-23-21-19-17-15-13-10-6-2/h48-51,57-60,63-66H,5-47,52-56,61-62,67H2,1-4H3. The monoisotopic (exact) mass is 1030 g/mol. The van der Waals surface area contributed by atoms with E-state index < -0.39 is 0 Å². The number of hydrogen-bond donors (Lipinski definition) is 0. The molecule has 0 atom stereocenters. The molecule has 0 spiro atoms. The van der Waals surface area contributed by atoms with Crippen LogP contribution >= 0.6 is 0 Å². The highest BCUT2D eigenvalue weighted by Crippen LogP contribution is 2.26. The predicted octanol–water partition coefficient (Wildman–Crippen LogP) is 25.9. The Balaban J connectivity index is 1.64. The molecule has 0 unspecified atom stereocenters. The summed E-state index contributed by atoms with van der Waals surface area (Å²) in [6.45, 7) is 9.18. The number of unbranched alkanes of at least 4 members (excludes halogenated alkanes) is 42. The Morgan fingerprint density at radius 2 is 0.533 bits per heavy atom. The second kappa shape index (κ2) is 54.6. The summed E-state index contributed by atoms with van der Waals surface area (Å²) in [6.07, 6.45) is 79.3. The second-order valence-corrected chi connectivity index (χ2v) is 23.2. The molecule has 428 valence electrons. The summed E-state index contributed by atoms with van der Waals surface area (Å²) in [5, 5.41) is 0. The van der Waals surface area contributed by atoms with Gasteiger partial charge in [-0.05, 0) is 107 Å². The number of aryl methyl sites for hydroxylation is 2. The first-order valence-corrected chi connectivity index (χ1v) is 33.8. The Labute approximate surface area is 469 Å². The van der Waals surface area contributed by atoms with E-state index in [9.17, 15) is 0 Å². The molecule has 0 bridgehead atoms. The minimum absolute atomic E-state index is 0.897. The normalized spacial score (nSPS) is 12.4. The van der Waals surface area contributed by atoms with Crippen LogP contribution in [0.15, 0.2) is 82.8 Å². The van der Waals surface area contributed by atoms with Gasteiger partial charge >= 0.3 is 0 Å². The Kier molecular flexibility index (Phi) is 49.8. The molecule has 0 aliphatic heterocycles. The van der Waals surface area contributed by atoms with Crippen LogP contribution in [0.2, 0.25) is 0 Å². The van der Waals surface area contributed by atoms with Gasteiger partial charge in [0, 0.05) is 0 Å². The van der Waals surface area contributed by atoms with Crippen LogP contribution in [0.1, 0.15) is 353 Å². The molecular weight excluding hydrogens is 905 g/mol. The summed E-state index contributed by atoms with van der Waals surface area (Å²) in [6, 6.07) is 17.8. The van der Waals surface area contributed by atoms with Crippen molar-refractivity contribution in [1.82, 2.24) is 0 Å². The summed E-state index contributed by atoms with van der Waals surface area (Å²) in [7, 11) is 0. The lowest BCUT2D eigenvalue weighted by Crippen LogP contribution is -2.13. The molecule has 0 heterocycles. The van der Waals surface area contributed by atoms with Crippen LogP contribution < -0.4 is 0 Å². The summed E-state index contributed by atoms with van der Waals surface area (Å²) < 4.78 is 0. The smallest absolute Gasteiger partial charge is 0.0665 e. The van der Waals surface area contributed by atoms with E-state index >= 15 is 0 Å². The highest BCUT2D eigenvalue weighted by molar-refractivity contribution is 6.43. The third kappa shape index (κ3) is 42.0. The number of rotatable bonds is 56. The zero-order valence-electron chi connectivity index (χ0n) is 50.9. The number of para-hydroxylation sites is 2. The van der Waals surface area contributed by atoms with Gasteiger partial charge in [0.2, 0.25) is 0 Å².